The van der Waals surface area contributed by atoms with Crippen molar-refractivity contribution in [3.05, 3.63) is 23.2 Å². The summed E-state index contributed by atoms with van der Waals surface area (Å²) in [5, 5.41) is 3.87. The number of halogens is 1. The van der Waals surface area contributed by atoms with Crippen molar-refractivity contribution in [2.24, 2.45) is 5.92 Å². The van der Waals surface area contributed by atoms with Gasteiger partial charge in [-0.15, -0.1) is 0 Å². The van der Waals surface area contributed by atoms with Gasteiger partial charge in [0.2, 0.25) is 0 Å². The average Bonchev–Trinajstić information content (AvgIpc) is 2.22. The lowest BCUT2D eigenvalue weighted by Gasteiger charge is -2.11. The molecule has 0 aromatic heterocycles. The SMILES string of the molecule is CC(C)COCCNc1cc(Cl)ccc1N. The average molecular weight is 243 g/mol. The number of nitrogen functional groups attached to an aromatic ring is 1. The molecule has 4 heteroatoms. The second-order valence-corrected chi connectivity index (χ2v) is 4.56. The van der Waals surface area contributed by atoms with E-state index in [9.17, 15) is 0 Å². The normalized spacial score (nSPS) is 10.8. The van der Waals surface area contributed by atoms with Crippen molar-refractivity contribution in [2.75, 3.05) is 30.8 Å². The first-order chi connectivity index (χ1) is 7.59. The summed E-state index contributed by atoms with van der Waals surface area (Å²) in [6.07, 6.45) is 0. The first kappa shape index (κ1) is 13.1. The number of nitrogens with one attached hydrogen (secondary N) is 1. The fourth-order valence-electron chi connectivity index (χ4n) is 1.26. The monoisotopic (exact) mass is 242 g/mol. The first-order valence-corrected chi connectivity index (χ1v) is 5.84. The molecule has 1 aromatic carbocycles. The summed E-state index contributed by atoms with van der Waals surface area (Å²) in [6.45, 7) is 6.44. The molecule has 0 fully saturated rings. The quantitative estimate of drug-likeness (QED) is 0.596. The molecule has 0 radical (unpaired) electrons. The van der Waals surface area contributed by atoms with Gasteiger partial charge in [-0.1, -0.05) is 25.4 Å². The lowest BCUT2D eigenvalue weighted by Crippen LogP contribution is -2.12. The van der Waals surface area contributed by atoms with Crippen LogP contribution in [-0.4, -0.2) is 19.8 Å². The minimum absolute atomic E-state index is 0.566. The predicted octanol–water partition coefficient (Wildman–Crippen LogP) is 3.01. The Morgan fingerprint density at radius 2 is 2.19 bits per heavy atom. The molecule has 90 valence electrons. The lowest BCUT2D eigenvalue weighted by atomic mass is 10.2. The van der Waals surface area contributed by atoms with Crippen LogP contribution in [0.2, 0.25) is 5.02 Å². The lowest BCUT2D eigenvalue weighted by molar-refractivity contribution is 0.118. The number of hydrogen-bond donors (Lipinski definition) is 2. The summed E-state index contributed by atoms with van der Waals surface area (Å²) < 4.78 is 5.45. The number of hydrogen-bond acceptors (Lipinski definition) is 3. The molecule has 0 aliphatic rings. The minimum atomic E-state index is 0.566. The third kappa shape index (κ3) is 4.73. The predicted molar refractivity (Wildman–Crippen MR) is 70.0 cm³/mol. The molecule has 0 atom stereocenters. The largest absolute Gasteiger partial charge is 0.397 e. The minimum Gasteiger partial charge on any atom is -0.397 e. The van der Waals surface area contributed by atoms with Crippen LogP contribution < -0.4 is 11.1 Å². The maximum atomic E-state index is 5.87. The summed E-state index contributed by atoms with van der Waals surface area (Å²) in [5.41, 5.74) is 7.35. The van der Waals surface area contributed by atoms with Crippen molar-refractivity contribution in [3.63, 3.8) is 0 Å². The Kier molecular flexibility index (Phi) is 5.43. The number of rotatable bonds is 6. The molecule has 0 heterocycles. The highest BCUT2D eigenvalue weighted by atomic mass is 35.5. The van der Waals surface area contributed by atoms with Crippen LogP contribution >= 0.6 is 11.6 Å². The standard InChI is InChI=1S/C12H19ClN2O/c1-9(2)8-16-6-5-15-12-7-10(13)3-4-11(12)14/h3-4,7,9,15H,5-6,8,14H2,1-2H3. The van der Waals surface area contributed by atoms with Gasteiger partial charge in [-0.25, -0.2) is 0 Å². The zero-order valence-electron chi connectivity index (χ0n) is 9.79. The summed E-state index contributed by atoms with van der Waals surface area (Å²) in [6, 6.07) is 5.39. The van der Waals surface area contributed by atoms with E-state index in [4.69, 9.17) is 22.1 Å². The Hall–Kier alpha value is -0.930. The zero-order chi connectivity index (χ0) is 12.0. The van der Waals surface area contributed by atoms with Gasteiger partial charge in [0.25, 0.3) is 0 Å². The highest BCUT2D eigenvalue weighted by Crippen LogP contribution is 2.22. The molecule has 1 rings (SSSR count). The number of anilines is 2. The van der Waals surface area contributed by atoms with E-state index in [2.05, 4.69) is 19.2 Å². The van der Waals surface area contributed by atoms with E-state index in [1.165, 1.54) is 0 Å². The Balaban J connectivity index is 2.29. The molecule has 0 saturated heterocycles. The number of nitrogens with two attached hydrogens (primary N) is 1. The molecule has 3 nitrogen and oxygen atoms in total. The molecular formula is C12H19ClN2O. The molecular weight excluding hydrogens is 224 g/mol. The molecule has 1 aromatic rings. The van der Waals surface area contributed by atoms with Crippen molar-refractivity contribution >= 4 is 23.0 Å². The van der Waals surface area contributed by atoms with Crippen LogP contribution in [-0.2, 0) is 4.74 Å². The molecule has 0 saturated carbocycles. The van der Waals surface area contributed by atoms with Gasteiger partial charge < -0.3 is 15.8 Å². The Bertz CT molecular complexity index is 329. The van der Waals surface area contributed by atoms with Crippen LogP contribution in [0.25, 0.3) is 0 Å². The molecule has 0 spiro atoms. The van der Waals surface area contributed by atoms with Crippen molar-refractivity contribution in [1.82, 2.24) is 0 Å². The maximum absolute atomic E-state index is 5.87. The van der Waals surface area contributed by atoms with E-state index >= 15 is 0 Å². The molecule has 0 aliphatic heterocycles. The molecule has 0 amide bonds. The third-order valence-electron chi connectivity index (χ3n) is 2.03. The Morgan fingerprint density at radius 3 is 2.88 bits per heavy atom. The van der Waals surface area contributed by atoms with Gasteiger partial charge in [-0.3, -0.25) is 0 Å². The van der Waals surface area contributed by atoms with Crippen LogP contribution in [0.4, 0.5) is 11.4 Å². The van der Waals surface area contributed by atoms with Crippen molar-refractivity contribution in [1.29, 1.82) is 0 Å². The summed E-state index contributed by atoms with van der Waals surface area (Å²) >= 11 is 5.87. The van der Waals surface area contributed by atoms with Gasteiger partial charge in [0.15, 0.2) is 0 Å². The van der Waals surface area contributed by atoms with Gasteiger partial charge in [0.05, 0.1) is 18.0 Å². The zero-order valence-corrected chi connectivity index (χ0v) is 10.6. The van der Waals surface area contributed by atoms with E-state index in [1.54, 1.807) is 12.1 Å². The highest BCUT2D eigenvalue weighted by Gasteiger charge is 1.99. The number of ether oxygens (including phenoxy) is 1. The summed E-state index contributed by atoms with van der Waals surface area (Å²) in [7, 11) is 0. The van der Waals surface area contributed by atoms with E-state index < -0.39 is 0 Å². The van der Waals surface area contributed by atoms with E-state index in [-0.39, 0.29) is 0 Å². The Morgan fingerprint density at radius 1 is 1.44 bits per heavy atom. The van der Waals surface area contributed by atoms with E-state index in [0.29, 0.717) is 23.2 Å². The van der Waals surface area contributed by atoms with E-state index in [1.807, 2.05) is 6.07 Å². The Labute approximate surface area is 102 Å². The molecule has 0 bridgehead atoms. The molecule has 0 aliphatic carbocycles. The van der Waals surface area contributed by atoms with Crippen LogP contribution in [0.3, 0.4) is 0 Å². The van der Waals surface area contributed by atoms with Crippen LogP contribution in [0.1, 0.15) is 13.8 Å². The van der Waals surface area contributed by atoms with Gasteiger partial charge in [-0.05, 0) is 24.1 Å². The third-order valence-corrected chi connectivity index (χ3v) is 2.26. The van der Waals surface area contributed by atoms with E-state index in [0.717, 1.165) is 18.8 Å². The van der Waals surface area contributed by atoms with Crippen LogP contribution in [0, 0.1) is 5.92 Å². The van der Waals surface area contributed by atoms with Crippen molar-refractivity contribution < 1.29 is 4.74 Å². The topological polar surface area (TPSA) is 47.3 Å². The van der Waals surface area contributed by atoms with Gasteiger partial charge in [-0.2, -0.15) is 0 Å². The molecule has 16 heavy (non-hydrogen) atoms. The second-order valence-electron chi connectivity index (χ2n) is 4.13. The fraction of sp³-hybridized carbons (Fsp3) is 0.500. The van der Waals surface area contributed by atoms with Gasteiger partial charge in [0.1, 0.15) is 0 Å². The smallest absolute Gasteiger partial charge is 0.0639 e. The maximum Gasteiger partial charge on any atom is 0.0639 e. The molecule has 0 unspecified atom stereocenters. The van der Waals surface area contributed by atoms with Gasteiger partial charge >= 0.3 is 0 Å². The van der Waals surface area contributed by atoms with Crippen molar-refractivity contribution in [2.45, 2.75) is 13.8 Å². The van der Waals surface area contributed by atoms with Crippen LogP contribution in [0.15, 0.2) is 18.2 Å². The summed E-state index contributed by atoms with van der Waals surface area (Å²) in [5.74, 6) is 0.566. The second kappa shape index (κ2) is 6.61. The van der Waals surface area contributed by atoms with Crippen LogP contribution in [0.5, 0.6) is 0 Å². The highest BCUT2D eigenvalue weighted by molar-refractivity contribution is 6.31. The first-order valence-electron chi connectivity index (χ1n) is 5.46. The van der Waals surface area contributed by atoms with Gasteiger partial charge in [0, 0.05) is 18.2 Å². The summed E-state index contributed by atoms with van der Waals surface area (Å²) in [4.78, 5) is 0. The number of benzene rings is 1. The fourth-order valence-corrected chi connectivity index (χ4v) is 1.43. The molecule has 3 N–H and O–H groups in total. The van der Waals surface area contributed by atoms with Crippen molar-refractivity contribution in [3.8, 4) is 0 Å².